The van der Waals surface area contributed by atoms with Crippen molar-refractivity contribution in [3.63, 3.8) is 0 Å². The number of hydrogen-bond donors (Lipinski definition) is 0. The van der Waals surface area contributed by atoms with Crippen LogP contribution in [0.5, 0.6) is 0 Å². The van der Waals surface area contributed by atoms with Gasteiger partial charge in [0.25, 0.3) is 0 Å². The molecule has 2 nitrogen and oxygen atoms in total. The van der Waals surface area contributed by atoms with Crippen LogP contribution in [0, 0.1) is 5.92 Å². The Labute approximate surface area is 55.9 Å². The third-order valence-corrected chi connectivity index (χ3v) is 1.39. The van der Waals surface area contributed by atoms with E-state index < -0.39 is 0 Å². The van der Waals surface area contributed by atoms with Crippen LogP contribution in [-0.2, 0) is 4.84 Å². The Kier molecular flexibility index (Phi) is 2.09. The molecule has 1 rings (SSSR count). The largest absolute Gasteiger partial charge is 0.392 e. The minimum atomic E-state index is 0.366. The molecular formula is C7H13NO. The van der Waals surface area contributed by atoms with Crippen molar-refractivity contribution in [2.45, 2.75) is 32.8 Å². The summed E-state index contributed by atoms with van der Waals surface area (Å²) in [6, 6.07) is 0. The Morgan fingerprint density at radius 1 is 1.78 bits per heavy atom. The standard InChI is InChI=1S/C7H13NO/c1-6(2)5-7-3-4-8-9-7/h4,6-7H,3,5H2,1-2H3. The van der Waals surface area contributed by atoms with E-state index >= 15 is 0 Å². The molecule has 0 aromatic carbocycles. The predicted octanol–water partition coefficient (Wildman–Crippen LogP) is 1.81. The van der Waals surface area contributed by atoms with Gasteiger partial charge in [0.15, 0.2) is 0 Å². The molecule has 0 bridgehead atoms. The average Bonchev–Trinajstić information content (AvgIpc) is 2.15. The number of oxime groups is 1. The second kappa shape index (κ2) is 2.85. The zero-order chi connectivity index (χ0) is 6.69. The van der Waals surface area contributed by atoms with Crippen molar-refractivity contribution in [3.8, 4) is 0 Å². The Bertz CT molecular complexity index is 101. The second-order valence-corrected chi connectivity index (χ2v) is 2.88. The van der Waals surface area contributed by atoms with Crippen LogP contribution in [0.2, 0.25) is 0 Å². The monoisotopic (exact) mass is 127 g/mol. The molecule has 1 unspecified atom stereocenters. The van der Waals surface area contributed by atoms with E-state index in [1.165, 1.54) is 0 Å². The molecule has 1 heterocycles. The van der Waals surface area contributed by atoms with Gasteiger partial charge in [0.1, 0.15) is 6.10 Å². The molecule has 0 amide bonds. The van der Waals surface area contributed by atoms with Crippen LogP contribution in [-0.4, -0.2) is 12.3 Å². The smallest absolute Gasteiger partial charge is 0.132 e. The van der Waals surface area contributed by atoms with E-state index in [1.807, 2.05) is 6.21 Å². The maximum absolute atomic E-state index is 5.03. The first-order valence-electron chi connectivity index (χ1n) is 3.46. The van der Waals surface area contributed by atoms with Crippen molar-refractivity contribution in [2.75, 3.05) is 0 Å². The van der Waals surface area contributed by atoms with E-state index in [2.05, 4.69) is 19.0 Å². The van der Waals surface area contributed by atoms with Gasteiger partial charge in [-0.25, -0.2) is 0 Å². The summed E-state index contributed by atoms with van der Waals surface area (Å²) in [4.78, 5) is 5.03. The Morgan fingerprint density at radius 3 is 3.00 bits per heavy atom. The molecule has 2 heteroatoms. The minimum Gasteiger partial charge on any atom is -0.392 e. The highest BCUT2D eigenvalue weighted by Gasteiger charge is 2.13. The third-order valence-electron chi connectivity index (χ3n) is 1.39. The Hall–Kier alpha value is -0.530. The van der Waals surface area contributed by atoms with Gasteiger partial charge in [-0.3, -0.25) is 0 Å². The summed E-state index contributed by atoms with van der Waals surface area (Å²) in [7, 11) is 0. The molecule has 1 atom stereocenters. The van der Waals surface area contributed by atoms with Gasteiger partial charge in [0.2, 0.25) is 0 Å². The molecule has 0 aromatic heterocycles. The molecule has 1 aliphatic heterocycles. The Balaban J connectivity index is 2.14. The molecule has 0 radical (unpaired) electrons. The minimum absolute atomic E-state index is 0.366. The van der Waals surface area contributed by atoms with Crippen LogP contribution in [0.25, 0.3) is 0 Å². The maximum atomic E-state index is 5.03. The highest BCUT2D eigenvalue weighted by molar-refractivity contribution is 5.58. The van der Waals surface area contributed by atoms with Crippen LogP contribution in [0.15, 0.2) is 5.16 Å². The molecule has 0 spiro atoms. The molecule has 9 heavy (non-hydrogen) atoms. The molecule has 0 aromatic rings. The van der Waals surface area contributed by atoms with Gasteiger partial charge >= 0.3 is 0 Å². The van der Waals surface area contributed by atoms with E-state index in [1.54, 1.807) is 0 Å². The molecule has 0 N–H and O–H groups in total. The summed E-state index contributed by atoms with van der Waals surface area (Å²) in [6.07, 6.45) is 4.33. The topological polar surface area (TPSA) is 21.6 Å². The van der Waals surface area contributed by atoms with Gasteiger partial charge < -0.3 is 4.84 Å². The first-order valence-corrected chi connectivity index (χ1v) is 3.46. The first-order chi connectivity index (χ1) is 4.29. The van der Waals surface area contributed by atoms with E-state index in [9.17, 15) is 0 Å². The summed E-state index contributed by atoms with van der Waals surface area (Å²) in [6.45, 7) is 4.39. The van der Waals surface area contributed by atoms with E-state index in [4.69, 9.17) is 4.84 Å². The highest BCUT2D eigenvalue weighted by atomic mass is 16.6. The number of hydrogen-bond acceptors (Lipinski definition) is 2. The SMILES string of the molecule is CC(C)CC1CC=NO1. The van der Waals surface area contributed by atoms with Crippen LogP contribution < -0.4 is 0 Å². The van der Waals surface area contributed by atoms with Gasteiger partial charge in [-0.2, -0.15) is 0 Å². The van der Waals surface area contributed by atoms with Gasteiger partial charge in [-0.05, 0) is 12.3 Å². The van der Waals surface area contributed by atoms with Crippen LogP contribution >= 0.6 is 0 Å². The van der Waals surface area contributed by atoms with Gasteiger partial charge in [0, 0.05) is 12.6 Å². The molecular weight excluding hydrogens is 114 g/mol. The van der Waals surface area contributed by atoms with Crippen molar-refractivity contribution in [1.82, 2.24) is 0 Å². The normalized spacial score (nSPS) is 25.0. The fourth-order valence-electron chi connectivity index (χ4n) is 0.998. The molecule has 1 aliphatic rings. The zero-order valence-corrected chi connectivity index (χ0v) is 6.00. The van der Waals surface area contributed by atoms with Crippen LogP contribution in [0.4, 0.5) is 0 Å². The van der Waals surface area contributed by atoms with Crippen LogP contribution in [0.3, 0.4) is 0 Å². The third kappa shape index (κ3) is 2.04. The fourth-order valence-corrected chi connectivity index (χ4v) is 0.998. The maximum Gasteiger partial charge on any atom is 0.132 e. The second-order valence-electron chi connectivity index (χ2n) is 2.88. The van der Waals surface area contributed by atoms with Crippen molar-refractivity contribution in [1.29, 1.82) is 0 Å². The zero-order valence-electron chi connectivity index (χ0n) is 6.00. The predicted molar refractivity (Wildman–Crippen MR) is 37.4 cm³/mol. The Morgan fingerprint density at radius 2 is 2.56 bits per heavy atom. The molecule has 52 valence electrons. The number of rotatable bonds is 2. The van der Waals surface area contributed by atoms with E-state index in [0.717, 1.165) is 18.8 Å². The van der Waals surface area contributed by atoms with Gasteiger partial charge in [0.05, 0.1) is 0 Å². The van der Waals surface area contributed by atoms with Crippen molar-refractivity contribution in [3.05, 3.63) is 0 Å². The van der Waals surface area contributed by atoms with Crippen molar-refractivity contribution < 1.29 is 4.84 Å². The van der Waals surface area contributed by atoms with Crippen molar-refractivity contribution in [2.24, 2.45) is 11.1 Å². The van der Waals surface area contributed by atoms with E-state index in [0.29, 0.717) is 6.10 Å². The summed E-state index contributed by atoms with van der Waals surface area (Å²) >= 11 is 0. The quantitative estimate of drug-likeness (QED) is 0.554. The van der Waals surface area contributed by atoms with E-state index in [-0.39, 0.29) is 0 Å². The first kappa shape index (κ1) is 6.59. The van der Waals surface area contributed by atoms with Crippen molar-refractivity contribution >= 4 is 6.21 Å². The molecule has 0 aliphatic carbocycles. The lowest BCUT2D eigenvalue weighted by Crippen LogP contribution is -2.08. The summed E-state index contributed by atoms with van der Waals surface area (Å²) in [5, 5.41) is 3.69. The fraction of sp³-hybridized carbons (Fsp3) is 0.857. The molecule has 0 saturated heterocycles. The summed E-state index contributed by atoms with van der Waals surface area (Å²) in [5.41, 5.74) is 0. The molecule has 0 saturated carbocycles. The lowest BCUT2D eigenvalue weighted by molar-refractivity contribution is 0.0698. The lowest BCUT2D eigenvalue weighted by Gasteiger charge is -2.09. The van der Waals surface area contributed by atoms with Crippen LogP contribution in [0.1, 0.15) is 26.7 Å². The molecule has 0 fully saturated rings. The lowest BCUT2D eigenvalue weighted by atomic mass is 10.0. The number of nitrogens with zero attached hydrogens (tertiary/aromatic N) is 1. The highest BCUT2D eigenvalue weighted by Crippen LogP contribution is 2.14. The summed E-state index contributed by atoms with van der Waals surface area (Å²) < 4.78 is 0. The van der Waals surface area contributed by atoms with Gasteiger partial charge in [-0.1, -0.05) is 19.0 Å². The van der Waals surface area contributed by atoms with Gasteiger partial charge in [-0.15, -0.1) is 0 Å². The average molecular weight is 127 g/mol. The summed E-state index contributed by atoms with van der Waals surface area (Å²) in [5.74, 6) is 0.719.